The molecule has 2 aliphatic rings. The first-order chi connectivity index (χ1) is 20.2. The number of rotatable bonds is 12. The van der Waals surface area contributed by atoms with Gasteiger partial charge in [-0.3, -0.25) is 14.6 Å². The van der Waals surface area contributed by atoms with Crippen molar-refractivity contribution in [1.82, 2.24) is 35.0 Å². The molecule has 0 spiro atoms. The van der Waals surface area contributed by atoms with Gasteiger partial charge in [0.05, 0.1) is 24.8 Å². The number of morpholine rings is 1. The van der Waals surface area contributed by atoms with Gasteiger partial charge in [-0.1, -0.05) is 37.3 Å². The third-order valence-electron chi connectivity index (χ3n) is 7.95. The first-order valence-electron chi connectivity index (χ1n) is 14.5. The Labute approximate surface area is 239 Å². The molecule has 1 fully saturated rings. The van der Waals surface area contributed by atoms with Gasteiger partial charge in [0.15, 0.2) is 17.3 Å². The van der Waals surface area contributed by atoms with E-state index in [2.05, 4.69) is 61.5 Å². The number of pyridine rings is 1. The zero-order valence-electron chi connectivity index (χ0n) is 23.5. The number of nitrogens with one attached hydrogen (secondary N) is 1. The smallest absolute Gasteiger partial charge is 0.252 e. The molecule has 1 saturated heterocycles. The molecule has 4 aromatic rings. The number of aryl methyl sites for hydroxylation is 2. The summed E-state index contributed by atoms with van der Waals surface area (Å²) in [7, 11) is 0. The van der Waals surface area contributed by atoms with Crippen LogP contribution in [-0.4, -0.2) is 81.2 Å². The largest absolute Gasteiger partial charge is 0.454 e. The highest BCUT2D eigenvalue weighted by Crippen LogP contribution is 2.35. The summed E-state index contributed by atoms with van der Waals surface area (Å²) >= 11 is 0. The minimum Gasteiger partial charge on any atom is -0.454 e. The Morgan fingerprint density at radius 1 is 1.05 bits per heavy atom. The molecular formula is C30H37N7O4. The molecule has 0 aliphatic carbocycles. The zero-order chi connectivity index (χ0) is 28.0. The van der Waals surface area contributed by atoms with Gasteiger partial charge in [0.2, 0.25) is 6.79 Å². The summed E-state index contributed by atoms with van der Waals surface area (Å²) in [5, 5.41) is 13.8. The SMILES string of the molecule is CC[C@@H](c1nnnn1CCc1ccccc1)N(CCCN1CCOCC1)Cc1cc2cc3c(cc2[nH]c1=O)OCO3. The van der Waals surface area contributed by atoms with Crippen molar-refractivity contribution in [2.45, 2.75) is 45.3 Å². The molecule has 0 saturated carbocycles. The van der Waals surface area contributed by atoms with Gasteiger partial charge in [0.25, 0.3) is 5.56 Å². The highest BCUT2D eigenvalue weighted by Gasteiger charge is 2.26. The van der Waals surface area contributed by atoms with Gasteiger partial charge >= 0.3 is 0 Å². The lowest BCUT2D eigenvalue weighted by Crippen LogP contribution is -2.39. The van der Waals surface area contributed by atoms with E-state index in [-0.39, 0.29) is 18.4 Å². The number of nitrogens with zero attached hydrogens (tertiary/aromatic N) is 6. The minimum absolute atomic E-state index is 0.0442. The first kappa shape index (κ1) is 27.4. The standard InChI is InChI=1S/C30H37N7O4/c1-2-26(29-32-33-34-37(29)12-9-22-7-4-3-5-8-22)36(11-6-10-35-13-15-39-16-14-35)20-24-17-23-18-27-28(41-21-40-27)19-25(23)31-30(24)38/h3-5,7-8,17-19,26H,2,6,9-16,20-21H2,1H3,(H,31,38)/t26-/m0/s1. The second kappa shape index (κ2) is 12.8. The molecular weight excluding hydrogens is 522 g/mol. The molecule has 1 N–H and O–H groups in total. The highest BCUT2D eigenvalue weighted by molar-refractivity contribution is 5.83. The third kappa shape index (κ3) is 6.42. The lowest BCUT2D eigenvalue weighted by atomic mass is 10.1. The molecule has 0 unspecified atom stereocenters. The summed E-state index contributed by atoms with van der Waals surface area (Å²) in [6.45, 7) is 8.77. The van der Waals surface area contributed by atoms with Crippen LogP contribution in [0.1, 0.15) is 42.8 Å². The van der Waals surface area contributed by atoms with E-state index in [0.717, 1.165) is 75.4 Å². The number of aromatic amines is 1. The average molecular weight is 560 g/mol. The van der Waals surface area contributed by atoms with Crippen molar-refractivity contribution in [3.63, 3.8) is 0 Å². The molecule has 6 rings (SSSR count). The Bertz CT molecular complexity index is 1500. The van der Waals surface area contributed by atoms with Crippen molar-refractivity contribution in [2.75, 3.05) is 46.2 Å². The van der Waals surface area contributed by atoms with Crippen LogP contribution in [0.25, 0.3) is 10.9 Å². The first-order valence-corrected chi connectivity index (χ1v) is 14.5. The molecule has 41 heavy (non-hydrogen) atoms. The van der Waals surface area contributed by atoms with Crippen LogP contribution in [0, 0.1) is 0 Å². The second-order valence-electron chi connectivity index (χ2n) is 10.6. The van der Waals surface area contributed by atoms with Gasteiger partial charge in [-0.2, -0.15) is 0 Å². The molecule has 2 aromatic heterocycles. The van der Waals surface area contributed by atoms with Crippen molar-refractivity contribution in [3.05, 3.63) is 75.8 Å². The molecule has 11 nitrogen and oxygen atoms in total. The average Bonchev–Trinajstić information content (AvgIpc) is 3.66. The van der Waals surface area contributed by atoms with E-state index < -0.39 is 0 Å². The number of fused-ring (bicyclic) bond motifs is 2. The lowest BCUT2D eigenvalue weighted by molar-refractivity contribution is 0.0349. The Morgan fingerprint density at radius 2 is 1.85 bits per heavy atom. The van der Waals surface area contributed by atoms with E-state index in [4.69, 9.17) is 14.2 Å². The van der Waals surface area contributed by atoms with Crippen molar-refractivity contribution >= 4 is 10.9 Å². The van der Waals surface area contributed by atoms with Crippen molar-refractivity contribution < 1.29 is 14.2 Å². The molecule has 0 bridgehead atoms. The summed E-state index contributed by atoms with van der Waals surface area (Å²) in [6, 6.07) is 16.1. The van der Waals surface area contributed by atoms with Gasteiger partial charge in [0, 0.05) is 49.7 Å². The van der Waals surface area contributed by atoms with E-state index in [1.165, 1.54) is 5.56 Å². The fourth-order valence-electron chi connectivity index (χ4n) is 5.74. The third-order valence-corrected chi connectivity index (χ3v) is 7.95. The van der Waals surface area contributed by atoms with Gasteiger partial charge in [0.1, 0.15) is 0 Å². The van der Waals surface area contributed by atoms with E-state index in [1.807, 2.05) is 28.9 Å². The van der Waals surface area contributed by atoms with Crippen LogP contribution in [0.2, 0.25) is 0 Å². The van der Waals surface area contributed by atoms with Crippen LogP contribution in [0.4, 0.5) is 0 Å². The Hall–Kier alpha value is -3.80. The maximum absolute atomic E-state index is 13.3. The predicted molar refractivity (Wildman–Crippen MR) is 154 cm³/mol. The van der Waals surface area contributed by atoms with Crippen molar-refractivity contribution in [3.8, 4) is 11.5 Å². The van der Waals surface area contributed by atoms with E-state index in [9.17, 15) is 4.79 Å². The molecule has 2 aliphatic heterocycles. The Kier molecular flexibility index (Phi) is 8.54. The number of benzene rings is 2. The summed E-state index contributed by atoms with van der Waals surface area (Å²) in [5.41, 5.74) is 2.57. The summed E-state index contributed by atoms with van der Waals surface area (Å²) in [5.74, 6) is 2.18. The van der Waals surface area contributed by atoms with Crippen LogP contribution in [-0.2, 0) is 24.2 Å². The van der Waals surface area contributed by atoms with Crippen molar-refractivity contribution in [2.24, 2.45) is 0 Å². The fraction of sp³-hybridized carbons (Fsp3) is 0.467. The Morgan fingerprint density at radius 3 is 2.66 bits per heavy atom. The van der Waals surface area contributed by atoms with Gasteiger partial charge < -0.3 is 19.2 Å². The number of hydrogen-bond acceptors (Lipinski definition) is 9. The number of ether oxygens (including phenoxy) is 3. The molecule has 216 valence electrons. The summed E-state index contributed by atoms with van der Waals surface area (Å²) in [6.07, 6.45) is 2.62. The van der Waals surface area contributed by atoms with Crippen LogP contribution in [0.5, 0.6) is 11.5 Å². The quantitative estimate of drug-likeness (QED) is 0.280. The maximum Gasteiger partial charge on any atom is 0.252 e. The number of aromatic nitrogens is 5. The van der Waals surface area contributed by atoms with E-state index in [0.29, 0.717) is 30.2 Å². The Balaban J connectivity index is 1.25. The maximum atomic E-state index is 13.3. The molecule has 1 atom stereocenters. The van der Waals surface area contributed by atoms with Crippen LogP contribution < -0.4 is 15.0 Å². The second-order valence-corrected chi connectivity index (χ2v) is 10.6. The molecule has 2 aromatic carbocycles. The zero-order valence-corrected chi connectivity index (χ0v) is 23.5. The molecule has 0 radical (unpaired) electrons. The van der Waals surface area contributed by atoms with Gasteiger partial charge in [-0.15, -0.1) is 5.10 Å². The topological polar surface area (TPSA) is 111 Å². The molecule has 0 amide bonds. The molecule has 4 heterocycles. The molecule has 11 heteroatoms. The predicted octanol–water partition coefficient (Wildman–Crippen LogP) is 3.16. The van der Waals surface area contributed by atoms with E-state index in [1.54, 1.807) is 0 Å². The normalized spacial score (nSPS) is 16.0. The lowest BCUT2D eigenvalue weighted by Gasteiger charge is -2.32. The summed E-state index contributed by atoms with van der Waals surface area (Å²) in [4.78, 5) is 21.1. The van der Waals surface area contributed by atoms with Crippen LogP contribution in [0.15, 0.2) is 53.3 Å². The number of H-pyrrole nitrogens is 1. The number of hydrogen-bond donors (Lipinski definition) is 1. The van der Waals surface area contributed by atoms with Crippen LogP contribution in [0.3, 0.4) is 0 Å². The van der Waals surface area contributed by atoms with Gasteiger partial charge in [-0.05, 0) is 53.9 Å². The summed E-state index contributed by atoms with van der Waals surface area (Å²) < 4.78 is 18.5. The fourth-order valence-corrected chi connectivity index (χ4v) is 5.74. The van der Waals surface area contributed by atoms with Crippen molar-refractivity contribution in [1.29, 1.82) is 0 Å². The van der Waals surface area contributed by atoms with Crippen LogP contribution >= 0.6 is 0 Å². The van der Waals surface area contributed by atoms with Gasteiger partial charge in [-0.25, -0.2) is 4.68 Å². The monoisotopic (exact) mass is 559 g/mol. The highest BCUT2D eigenvalue weighted by atomic mass is 16.7. The minimum atomic E-state index is -0.104. The van der Waals surface area contributed by atoms with E-state index >= 15 is 0 Å². The number of tetrazole rings is 1.